The standard InChI is InChI=1S/C22H28N4O/c1-12(2)26-18-9-15-14-8-6-7-13(11-23)19(24-5)20(14)25-17(15)10-16(18)22(3,4)21(26)27/h9-12,25H,6-8,23H2,1-5H3/b13-11-,24-19?. The number of H-pyrrole nitrogens is 1. The Morgan fingerprint density at radius 1 is 1.30 bits per heavy atom. The molecule has 3 N–H and O–H groups in total. The van der Waals surface area contributed by atoms with E-state index in [0.29, 0.717) is 0 Å². The Bertz CT molecular complexity index is 1010. The Kier molecular flexibility index (Phi) is 3.95. The SMILES string of the molecule is CN=C1/C(=C\N)CCCc2c1[nH]c1cc3c(cc21)N(C(C)C)C(=O)C3(C)C. The minimum absolute atomic E-state index is 0.132. The van der Waals surface area contributed by atoms with Gasteiger partial charge in [0.15, 0.2) is 0 Å². The average Bonchev–Trinajstić information content (AvgIpc) is 2.97. The summed E-state index contributed by atoms with van der Waals surface area (Å²) in [6, 6.07) is 4.50. The predicted molar refractivity (Wildman–Crippen MR) is 112 cm³/mol. The molecule has 1 aromatic carbocycles. The van der Waals surface area contributed by atoms with E-state index in [1.807, 2.05) is 25.8 Å². The highest BCUT2D eigenvalue weighted by molar-refractivity contribution is 6.16. The number of anilines is 1. The molecule has 0 spiro atoms. The molecule has 1 aliphatic heterocycles. The van der Waals surface area contributed by atoms with Crippen LogP contribution in [0.1, 0.15) is 57.4 Å². The molecule has 5 nitrogen and oxygen atoms in total. The second kappa shape index (κ2) is 5.98. The number of hydrogen-bond donors (Lipinski definition) is 2. The number of nitrogens with zero attached hydrogens (tertiary/aromatic N) is 2. The lowest BCUT2D eigenvalue weighted by atomic mass is 9.85. The average molecular weight is 364 g/mol. The number of nitrogens with one attached hydrogen (secondary N) is 1. The molecule has 1 aliphatic carbocycles. The first-order valence-corrected chi connectivity index (χ1v) is 9.72. The molecule has 2 aliphatic rings. The first kappa shape index (κ1) is 17.8. The van der Waals surface area contributed by atoms with Crippen molar-refractivity contribution in [3.63, 3.8) is 0 Å². The summed E-state index contributed by atoms with van der Waals surface area (Å²) in [4.78, 5) is 23.1. The van der Waals surface area contributed by atoms with Gasteiger partial charge < -0.3 is 15.6 Å². The Labute approximate surface area is 160 Å². The fraction of sp³-hybridized carbons (Fsp3) is 0.455. The van der Waals surface area contributed by atoms with Crippen LogP contribution in [0.2, 0.25) is 0 Å². The van der Waals surface area contributed by atoms with E-state index in [1.165, 1.54) is 10.9 Å². The Balaban J connectivity index is 2.00. The molecule has 0 atom stereocenters. The molecule has 0 fully saturated rings. The van der Waals surface area contributed by atoms with Gasteiger partial charge in [-0.2, -0.15) is 0 Å². The number of aliphatic imine (C=N–C) groups is 1. The molecule has 2 heterocycles. The molecule has 0 saturated carbocycles. The first-order chi connectivity index (χ1) is 12.8. The molecule has 0 bridgehead atoms. The maximum Gasteiger partial charge on any atom is 0.237 e. The van der Waals surface area contributed by atoms with Gasteiger partial charge in [-0.15, -0.1) is 0 Å². The number of hydrogen-bond acceptors (Lipinski definition) is 3. The fourth-order valence-electron chi connectivity index (χ4n) is 4.64. The van der Waals surface area contributed by atoms with E-state index in [-0.39, 0.29) is 11.9 Å². The third kappa shape index (κ3) is 2.37. The summed E-state index contributed by atoms with van der Waals surface area (Å²) in [5.74, 6) is 0.176. The lowest BCUT2D eigenvalue weighted by molar-refractivity contribution is -0.122. The first-order valence-electron chi connectivity index (χ1n) is 9.72. The summed E-state index contributed by atoms with van der Waals surface area (Å²) in [5, 5.41) is 1.19. The molecule has 27 heavy (non-hydrogen) atoms. The van der Waals surface area contributed by atoms with Crippen LogP contribution in [0.3, 0.4) is 0 Å². The van der Waals surface area contributed by atoms with Crippen molar-refractivity contribution in [1.82, 2.24) is 4.98 Å². The van der Waals surface area contributed by atoms with Crippen molar-refractivity contribution in [3.8, 4) is 0 Å². The summed E-state index contributed by atoms with van der Waals surface area (Å²) < 4.78 is 0. The van der Waals surface area contributed by atoms with Crippen LogP contribution >= 0.6 is 0 Å². The molecule has 1 aromatic heterocycles. The number of carbonyl (C=O) groups is 1. The number of fused-ring (bicyclic) bond motifs is 4. The normalized spacial score (nSPS) is 22.0. The summed E-state index contributed by atoms with van der Waals surface area (Å²) in [6.07, 6.45) is 4.63. The monoisotopic (exact) mass is 364 g/mol. The van der Waals surface area contributed by atoms with Gasteiger partial charge in [0, 0.05) is 29.7 Å². The number of allylic oxidation sites excluding steroid dienone is 1. The minimum Gasteiger partial charge on any atom is -0.404 e. The molecule has 2 aromatic rings. The number of aromatic amines is 1. The fourth-order valence-corrected chi connectivity index (χ4v) is 4.64. The highest BCUT2D eigenvalue weighted by Crippen LogP contribution is 2.45. The van der Waals surface area contributed by atoms with Crippen molar-refractivity contribution in [3.05, 3.63) is 40.7 Å². The zero-order valence-corrected chi connectivity index (χ0v) is 16.8. The van der Waals surface area contributed by atoms with Crippen molar-refractivity contribution in [2.75, 3.05) is 11.9 Å². The Morgan fingerprint density at radius 3 is 2.67 bits per heavy atom. The van der Waals surface area contributed by atoms with Gasteiger partial charge in [-0.3, -0.25) is 9.79 Å². The van der Waals surface area contributed by atoms with Crippen LogP contribution in [0.4, 0.5) is 5.69 Å². The van der Waals surface area contributed by atoms with Gasteiger partial charge in [-0.25, -0.2) is 0 Å². The molecule has 0 saturated heterocycles. The van der Waals surface area contributed by atoms with Gasteiger partial charge in [0.05, 0.1) is 16.8 Å². The van der Waals surface area contributed by atoms with Crippen molar-refractivity contribution in [1.29, 1.82) is 0 Å². The largest absolute Gasteiger partial charge is 0.404 e. The van der Waals surface area contributed by atoms with Crippen LogP contribution in [-0.4, -0.2) is 29.7 Å². The maximum atomic E-state index is 13.0. The number of nitrogens with two attached hydrogens (primary N) is 1. The van der Waals surface area contributed by atoms with Gasteiger partial charge in [0.25, 0.3) is 0 Å². The van der Waals surface area contributed by atoms with E-state index in [2.05, 4.69) is 36.0 Å². The zero-order valence-electron chi connectivity index (χ0n) is 16.8. The summed E-state index contributed by atoms with van der Waals surface area (Å²) in [7, 11) is 1.82. The molecular formula is C22H28N4O. The van der Waals surface area contributed by atoms with Crippen LogP contribution in [0.15, 0.2) is 28.9 Å². The van der Waals surface area contributed by atoms with Crippen molar-refractivity contribution < 1.29 is 4.79 Å². The number of carbonyl (C=O) groups excluding carboxylic acids is 1. The Morgan fingerprint density at radius 2 is 2.04 bits per heavy atom. The lowest BCUT2D eigenvalue weighted by Crippen LogP contribution is -2.40. The van der Waals surface area contributed by atoms with E-state index >= 15 is 0 Å². The molecule has 5 heteroatoms. The van der Waals surface area contributed by atoms with Crippen molar-refractivity contribution >= 4 is 28.2 Å². The maximum absolute atomic E-state index is 13.0. The van der Waals surface area contributed by atoms with E-state index in [9.17, 15) is 4.79 Å². The van der Waals surface area contributed by atoms with E-state index in [1.54, 1.807) is 6.20 Å². The number of aromatic nitrogens is 1. The third-order valence-corrected chi connectivity index (χ3v) is 6.06. The highest BCUT2D eigenvalue weighted by atomic mass is 16.2. The number of aryl methyl sites for hydroxylation is 1. The van der Waals surface area contributed by atoms with Crippen LogP contribution < -0.4 is 10.6 Å². The van der Waals surface area contributed by atoms with Crippen LogP contribution in [0, 0.1) is 0 Å². The van der Waals surface area contributed by atoms with Crippen molar-refractivity contribution in [2.24, 2.45) is 10.7 Å². The van der Waals surface area contributed by atoms with Crippen LogP contribution in [0.5, 0.6) is 0 Å². The Hall–Kier alpha value is -2.56. The summed E-state index contributed by atoms with van der Waals surface area (Å²) in [5.41, 5.74) is 13.0. The number of benzene rings is 1. The van der Waals surface area contributed by atoms with Gasteiger partial charge >= 0.3 is 0 Å². The van der Waals surface area contributed by atoms with E-state index < -0.39 is 5.41 Å². The van der Waals surface area contributed by atoms with Gasteiger partial charge in [-0.1, -0.05) is 0 Å². The highest BCUT2D eigenvalue weighted by Gasteiger charge is 2.45. The second-order valence-electron chi connectivity index (χ2n) is 8.41. The molecule has 142 valence electrons. The van der Waals surface area contributed by atoms with Crippen LogP contribution in [-0.2, 0) is 16.6 Å². The van der Waals surface area contributed by atoms with Crippen molar-refractivity contribution in [2.45, 2.75) is 58.4 Å². The van der Waals surface area contributed by atoms with E-state index in [4.69, 9.17) is 5.73 Å². The quantitative estimate of drug-likeness (QED) is 0.755. The van der Waals surface area contributed by atoms with Gasteiger partial charge in [-0.05, 0) is 82.0 Å². The number of amides is 1. The van der Waals surface area contributed by atoms with E-state index in [0.717, 1.165) is 53.0 Å². The minimum atomic E-state index is -0.514. The lowest BCUT2D eigenvalue weighted by Gasteiger charge is -2.24. The topological polar surface area (TPSA) is 74.5 Å². The summed E-state index contributed by atoms with van der Waals surface area (Å²) >= 11 is 0. The number of rotatable bonds is 1. The third-order valence-electron chi connectivity index (χ3n) is 6.06. The second-order valence-corrected chi connectivity index (χ2v) is 8.41. The van der Waals surface area contributed by atoms with Crippen LogP contribution in [0.25, 0.3) is 10.9 Å². The molecular weight excluding hydrogens is 336 g/mol. The molecule has 4 rings (SSSR count). The van der Waals surface area contributed by atoms with Gasteiger partial charge in [0.2, 0.25) is 5.91 Å². The molecule has 1 amide bonds. The summed E-state index contributed by atoms with van der Waals surface area (Å²) in [6.45, 7) is 8.19. The van der Waals surface area contributed by atoms with Gasteiger partial charge in [0.1, 0.15) is 0 Å². The predicted octanol–water partition coefficient (Wildman–Crippen LogP) is 3.80. The smallest absolute Gasteiger partial charge is 0.237 e. The molecule has 0 unspecified atom stereocenters. The molecule has 0 radical (unpaired) electrons. The zero-order chi connectivity index (χ0) is 19.5.